The Kier molecular flexibility index (Phi) is 5.82. The molecule has 1 rings (SSSR count). The number of rotatable bonds is 6. The smallest absolute Gasteiger partial charge is 0.240 e. The lowest BCUT2D eigenvalue weighted by Crippen LogP contribution is -2.48. The summed E-state index contributed by atoms with van der Waals surface area (Å²) in [5.74, 6) is -0.464. The number of nitrogens with zero attached hydrogens (tertiary/aromatic N) is 1. The van der Waals surface area contributed by atoms with E-state index < -0.39 is 6.04 Å². The molecule has 0 unspecified atom stereocenters. The summed E-state index contributed by atoms with van der Waals surface area (Å²) in [6.45, 7) is 6.64. The number of benzene rings is 1. The summed E-state index contributed by atoms with van der Waals surface area (Å²) in [5, 5.41) is 18.7. The van der Waals surface area contributed by atoms with Gasteiger partial charge >= 0.3 is 0 Å². The zero-order chi connectivity index (χ0) is 15.3. The molecule has 0 heterocycles. The highest BCUT2D eigenvalue weighted by Gasteiger charge is 2.23. The van der Waals surface area contributed by atoms with Crippen LogP contribution in [0.1, 0.15) is 32.8 Å². The summed E-state index contributed by atoms with van der Waals surface area (Å²) in [4.78, 5) is 14.1. The Morgan fingerprint density at radius 1 is 1.30 bits per heavy atom. The Morgan fingerprint density at radius 3 is 2.45 bits per heavy atom. The third-order valence-corrected chi connectivity index (χ3v) is 3.18. The van der Waals surface area contributed by atoms with Gasteiger partial charge in [0.1, 0.15) is 0 Å². The van der Waals surface area contributed by atoms with Crippen molar-refractivity contribution in [3.8, 4) is 11.5 Å². The topological polar surface area (TPSA) is 86.8 Å². The first-order valence-electron chi connectivity index (χ1n) is 6.93. The molecular formula is C15H24N2O3. The molecule has 1 aromatic carbocycles. The van der Waals surface area contributed by atoms with Crippen LogP contribution in [0.2, 0.25) is 0 Å². The molecule has 0 aliphatic carbocycles. The van der Waals surface area contributed by atoms with Crippen LogP contribution in [0.5, 0.6) is 11.5 Å². The number of amides is 1. The van der Waals surface area contributed by atoms with Gasteiger partial charge in [-0.25, -0.2) is 0 Å². The van der Waals surface area contributed by atoms with E-state index in [0.717, 1.165) is 12.0 Å². The third kappa shape index (κ3) is 4.13. The Morgan fingerprint density at radius 2 is 1.95 bits per heavy atom. The van der Waals surface area contributed by atoms with Gasteiger partial charge in [0, 0.05) is 12.6 Å². The molecule has 0 spiro atoms. The summed E-state index contributed by atoms with van der Waals surface area (Å²) < 4.78 is 0. The van der Waals surface area contributed by atoms with Gasteiger partial charge in [-0.15, -0.1) is 0 Å². The molecule has 0 fully saturated rings. The van der Waals surface area contributed by atoms with Crippen LogP contribution in [0, 0.1) is 0 Å². The number of hydrogen-bond acceptors (Lipinski definition) is 4. The molecule has 0 saturated heterocycles. The second kappa shape index (κ2) is 7.14. The van der Waals surface area contributed by atoms with Crippen LogP contribution in [0.15, 0.2) is 18.2 Å². The number of aromatic hydroxyl groups is 2. The van der Waals surface area contributed by atoms with Crippen LogP contribution >= 0.6 is 0 Å². The van der Waals surface area contributed by atoms with Crippen molar-refractivity contribution in [2.24, 2.45) is 5.73 Å². The molecule has 0 aliphatic rings. The molecule has 112 valence electrons. The van der Waals surface area contributed by atoms with Gasteiger partial charge in [0.05, 0.1) is 6.04 Å². The van der Waals surface area contributed by atoms with Crippen molar-refractivity contribution in [1.82, 2.24) is 4.90 Å². The number of hydrogen-bond donors (Lipinski definition) is 3. The van der Waals surface area contributed by atoms with E-state index in [1.165, 1.54) is 12.1 Å². The lowest BCUT2D eigenvalue weighted by molar-refractivity contribution is -0.134. The fourth-order valence-corrected chi connectivity index (χ4v) is 2.11. The van der Waals surface area contributed by atoms with E-state index in [1.807, 2.05) is 20.8 Å². The number of carbonyl (C=O) groups is 1. The van der Waals surface area contributed by atoms with Crippen LogP contribution in [0.25, 0.3) is 0 Å². The fourth-order valence-electron chi connectivity index (χ4n) is 2.11. The minimum absolute atomic E-state index is 0.0885. The highest BCUT2D eigenvalue weighted by atomic mass is 16.3. The number of phenols is 2. The molecule has 1 atom stereocenters. The lowest BCUT2D eigenvalue weighted by atomic mass is 10.0. The van der Waals surface area contributed by atoms with Gasteiger partial charge in [-0.2, -0.15) is 0 Å². The number of nitrogens with two attached hydrogens (primary N) is 1. The van der Waals surface area contributed by atoms with E-state index in [2.05, 4.69) is 0 Å². The molecule has 20 heavy (non-hydrogen) atoms. The van der Waals surface area contributed by atoms with Crippen molar-refractivity contribution >= 4 is 5.91 Å². The summed E-state index contributed by atoms with van der Waals surface area (Å²) in [5.41, 5.74) is 6.69. The molecule has 5 nitrogen and oxygen atoms in total. The summed E-state index contributed by atoms with van der Waals surface area (Å²) in [6.07, 6.45) is 1.22. The van der Waals surface area contributed by atoms with Crippen molar-refractivity contribution in [2.75, 3.05) is 6.54 Å². The van der Waals surface area contributed by atoms with Crippen molar-refractivity contribution in [3.05, 3.63) is 23.8 Å². The maximum atomic E-state index is 12.3. The molecule has 0 aliphatic heterocycles. The average Bonchev–Trinajstić information content (AvgIpc) is 2.39. The summed E-state index contributed by atoms with van der Waals surface area (Å²) in [6, 6.07) is 3.95. The first-order valence-corrected chi connectivity index (χ1v) is 6.93. The van der Waals surface area contributed by atoms with Gasteiger partial charge in [0.15, 0.2) is 11.5 Å². The lowest BCUT2D eigenvalue weighted by Gasteiger charge is -2.29. The number of carbonyl (C=O) groups excluding carboxylic acids is 1. The first kappa shape index (κ1) is 16.3. The Labute approximate surface area is 120 Å². The maximum absolute atomic E-state index is 12.3. The minimum atomic E-state index is -0.645. The Bertz CT molecular complexity index is 460. The first-order chi connectivity index (χ1) is 9.36. The van der Waals surface area contributed by atoms with Gasteiger partial charge in [-0.05, 0) is 44.4 Å². The standard InChI is InChI=1S/C15H24N2O3/c1-4-7-17(10(2)3)15(20)12(16)8-11-5-6-13(18)14(19)9-11/h5-6,9-10,12,18-19H,4,7-8,16H2,1-3H3/t12-/m0/s1. The Balaban J connectivity index is 2.75. The maximum Gasteiger partial charge on any atom is 0.240 e. The van der Waals surface area contributed by atoms with Crippen LogP contribution in [-0.2, 0) is 11.2 Å². The molecule has 1 amide bonds. The van der Waals surface area contributed by atoms with Crippen molar-refractivity contribution in [1.29, 1.82) is 0 Å². The highest BCUT2D eigenvalue weighted by Crippen LogP contribution is 2.25. The monoisotopic (exact) mass is 280 g/mol. The van der Waals surface area contributed by atoms with Crippen LogP contribution in [-0.4, -0.2) is 39.6 Å². The Hall–Kier alpha value is -1.75. The van der Waals surface area contributed by atoms with Gasteiger partial charge in [-0.3, -0.25) is 4.79 Å². The predicted molar refractivity (Wildman–Crippen MR) is 78.6 cm³/mol. The molecule has 0 radical (unpaired) electrons. The van der Waals surface area contributed by atoms with E-state index in [9.17, 15) is 15.0 Å². The van der Waals surface area contributed by atoms with Crippen LogP contribution < -0.4 is 5.73 Å². The molecule has 5 heteroatoms. The fraction of sp³-hybridized carbons (Fsp3) is 0.533. The zero-order valence-corrected chi connectivity index (χ0v) is 12.3. The van der Waals surface area contributed by atoms with E-state index in [-0.39, 0.29) is 23.4 Å². The van der Waals surface area contributed by atoms with Crippen molar-refractivity contribution in [3.63, 3.8) is 0 Å². The van der Waals surface area contributed by atoms with Crippen molar-refractivity contribution < 1.29 is 15.0 Å². The highest BCUT2D eigenvalue weighted by molar-refractivity contribution is 5.82. The van der Waals surface area contributed by atoms with Gasteiger partial charge in [0.2, 0.25) is 5.91 Å². The van der Waals surface area contributed by atoms with Crippen molar-refractivity contribution in [2.45, 2.75) is 45.7 Å². The third-order valence-electron chi connectivity index (χ3n) is 3.18. The van der Waals surface area contributed by atoms with Gasteiger partial charge in [0.25, 0.3) is 0 Å². The second-order valence-corrected chi connectivity index (χ2v) is 5.26. The summed E-state index contributed by atoms with van der Waals surface area (Å²) in [7, 11) is 0. The van der Waals surface area contributed by atoms with Crippen LogP contribution in [0.4, 0.5) is 0 Å². The second-order valence-electron chi connectivity index (χ2n) is 5.26. The predicted octanol–water partition coefficient (Wildman–Crippen LogP) is 1.61. The van der Waals surface area contributed by atoms with Crippen LogP contribution in [0.3, 0.4) is 0 Å². The largest absolute Gasteiger partial charge is 0.504 e. The normalized spacial score (nSPS) is 12.4. The molecule has 0 bridgehead atoms. The minimum Gasteiger partial charge on any atom is -0.504 e. The molecular weight excluding hydrogens is 256 g/mol. The van der Waals surface area contributed by atoms with Gasteiger partial charge in [-0.1, -0.05) is 13.0 Å². The molecule has 4 N–H and O–H groups in total. The quantitative estimate of drug-likeness (QED) is 0.691. The van der Waals surface area contributed by atoms with Gasteiger partial charge < -0.3 is 20.8 Å². The molecule has 0 saturated carbocycles. The SMILES string of the molecule is CCCN(C(=O)[C@@H](N)Cc1ccc(O)c(O)c1)C(C)C. The van der Waals surface area contributed by atoms with E-state index in [4.69, 9.17) is 5.73 Å². The van der Waals surface area contributed by atoms with E-state index >= 15 is 0 Å². The summed E-state index contributed by atoms with van der Waals surface area (Å²) >= 11 is 0. The average molecular weight is 280 g/mol. The molecule has 1 aromatic rings. The van der Waals surface area contributed by atoms with E-state index in [0.29, 0.717) is 13.0 Å². The van der Waals surface area contributed by atoms with E-state index in [1.54, 1.807) is 11.0 Å². The molecule has 0 aromatic heterocycles. The number of phenolic OH excluding ortho intramolecular Hbond substituents is 2. The zero-order valence-electron chi connectivity index (χ0n) is 12.3.